The Balaban J connectivity index is 1.66. The molecule has 0 aliphatic heterocycles. The van der Waals surface area contributed by atoms with E-state index in [9.17, 15) is 14.4 Å². The zero-order valence-electron chi connectivity index (χ0n) is 14.7. The summed E-state index contributed by atoms with van der Waals surface area (Å²) in [6.07, 6.45) is 2.90. The molecule has 0 saturated carbocycles. The van der Waals surface area contributed by atoms with Crippen molar-refractivity contribution in [2.45, 2.75) is 25.7 Å². The van der Waals surface area contributed by atoms with Gasteiger partial charge < -0.3 is 15.5 Å². The molecule has 0 atom stereocenters. The van der Waals surface area contributed by atoms with Gasteiger partial charge in [0.15, 0.2) is 16.8 Å². The van der Waals surface area contributed by atoms with Crippen LogP contribution >= 0.6 is 0 Å². The molecule has 0 aliphatic rings. The molecule has 3 aromatic rings. The molecule has 138 valence electrons. The first kappa shape index (κ1) is 18.4. The Morgan fingerprint density at radius 3 is 2.52 bits per heavy atom. The molecule has 1 aromatic heterocycles. The van der Waals surface area contributed by atoms with Crippen molar-refractivity contribution in [3.63, 3.8) is 0 Å². The molecule has 0 radical (unpaired) electrons. The second kappa shape index (κ2) is 8.31. The monoisotopic (exact) mass is 364 g/mol. The molecule has 0 bridgehead atoms. The average Bonchev–Trinajstić information content (AvgIpc) is 2.66. The second-order valence-corrected chi connectivity index (χ2v) is 6.26. The molecule has 2 aromatic carbocycles. The summed E-state index contributed by atoms with van der Waals surface area (Å²) in [5.74, 6) is -1.25. The summed E-state index contributed by atoms with van der Waals surface area (Å²) in [5.41, 5.74) is 6.55. The van der Waals surface area contributed by atoms with E-state index in [1.807, 2.05) is 18.2 Å². The Morgan fingerprint density at radius 1 is 1.00 bits per heavy atom. The van der Waals surface area contributed by atoms with Crippen LogP contribution in [0.4, 0.5) is 5.69 Å². The normalized spacial score (nSPS) is 10.7. The summed E-state index contributed by atoms with van der Waals surface area (Å²) < 4.78 is 5.43. The van der Waals surface area contributed by atoms with Crippen molar-refractivity contribution in [2.24, 2.45) is 5.73 Å². The maximum atomic E-state index is 12.2. The van der Waals surface area contributed by atoms with Gasteiger partial charge in [-0.25, -0.2) is 0 Å². The summed E-state index contributed by atoms with van der Waals surface area (Å²) >= 11 is 0. The van der Waals surface area contributed by atoms with Crippen LogP contribution in [0.1, 0.15) is 35.4 Å². The van der Waals surface area contributed by atoms with Gasteiger partial charge in [0.25, 0.3) is 5.91 Å². The van der Waals surface area contributed by atoms with Gasteiger partial charge in [0.1, 0.15) is 0 Å². The number of fused-ring (bicyclic) bond motifs is 1. The standard InChI is InChI=1S/C21H20N2O4/c22-21(26)18-13-17(24)15-10-6-11-16(20(15)27-18)23-19(25)12-5-4-9-14-7-2-1-3-8-14/h1-3,6-8,10-11,13H,4-5,9,12H2,(H2,22,26)(H,23,25). The highest BCUT2D eigenvalue weighted by molar-refractivity contribution is 6.00. The topological polar surface area (TPSA) is 102 Å². The van der Waals surface area contributed by atoms with E-state index in [0.29, 0.717) is 12.1 Å². The highest BCUT2D eigenvalue weighted by atomic mass is 16.3. The molecule has 0 saturated heterocycles. The van der Waals surface area contributed by atoms with Crippen LogP contribution < -0.4 is 16.5 Å². The zero-order valence-corrected chi connectivity index (χ0v) is 14.7. The lowest BCUT2D eigenvalue weighted by atomic mass is 10.1. The number of carbonyl (C=O) groups excluding carboxylic acids is 2. The van der Waals surface area contributed by atoms with Crippen LogP contribution in [0.3, 0.4) is 0 Å². The molecular weight excluding hydrogens is 344 g/mol. The molecular formula is C21H20N2O4. The number of nitrogens with two attached hydrogens (primary N) is 1. The first-order valence-electron chi connectivity index (χ1n) is 8.75. The van der Waals surface area contributed by atoms with E-state index in [1.54, 1.807) is 18.2 Å². The first-order valence-corrected chi connectivity index (χ1v) is 8.75. The third-order valence-electron chi connectivity index (χ3n) is 4.23. The number of anilines is 1. The number of hydrogen-bond acceptors (Lipinski definition) is 4. The average molecular weight is 364 g/mol. The highest BCUT2D eigenvalue weighted by Crippen LogP contribution is 2.22. The molecule has 6 nitrogen and oxygen atoms in total. The number of aryl methyl sites for hydroxylation is 1. The number of rotatable bonds is 7. The van der Waals surface area contributed by atoms with Gasteiger partial charge in [-0.2, -0.15) is 0 Å². The largest absolute Gasteiger partial charge is 0.448 e. The van der Waals surface area contributed by atoms with Crippen LogP contribution in [0.25, 0.3) is 11.0 Å². The predicted octanol–water partition coefficient (Wildman–Crippen LogP) is 3.24. The van der Waals surface area contributed by atoms with Gasteiger partial charge in [0.2, 0.25) is 5.91 Å². The minimum Gasteiger partial charge on any atom is -0.448 e. The van der Waals surface area contributed by atoms with Crippen LogP contribution in [0.2, 0.25) is 0 Å². The number of hydrogen-bond donors (Lipinski definition) is 2. The van der Waals surface area contributed by atoms with Crippen molar-refractivity contribution in [1.29, 1.82) is 0 Å². The quantitative estimate of drug-likeness (QED) is 0.628. The highest BCUT2D eigenvalue weighted by Gasteiger charge is 2.13. The van der Waals surface area contributed by atoms with Crippen molar-refractivity contribution in [3.8, 4) is 0 Å². The zero-order chi connectivity index (χ0) is 19.2. The van der Waals surface area contributed by atoms with Crippen molar-refractivity contribution < 1.29 is 14.0 Å². The summed E-state index contributed by atoms with van der Waals surface area (Å²) in [7, 11) is 0. The Bertz CT molecular complexity index is 1030. The molecule has 27 heavy (non-hydrogen) atoms. The number of benzene rings is 2. The fourth-order valence-corrected chi connectivity index (χ4v) is 2.87. The van der Waals surface area contributed by atoms with Crippen molar-refractivity contribution in [1.82, 2.24) is 0 Å². The Hall–Kier alpha value is -3.41. The molecule has 0 aliphatic carbocycles. The summed E-state index contributed by atoms with van der Waals surface area (Å²) in [5, 5.41) is 3.03. The van der Waals surface area contributed by atoms with Gasteiger partial charge in [-0.1, -0.05) is 36.4 Å². The Labute approximate surface area is 156 Å². The van der Waals surface area contributed by atoms with E-state index in [2.05, 4.69) is 17.4 Å². The van der Waals surface area contributed by atoms with Gasteiger partial charge in [-0.05, 0) is 37.0 Å². The van der Waals surface area contributed by atoms with Crippen LogP contribution in [0.5, 0.6) is 0 Å². The van der Waals surface area contributed by atoms with E-state index < -0.39 is 5.91 Å². The molecule has 0 spiro atoms. The molecule has 1 heterocycles. The third-order valence-corrected chi connectivity index (χ3v) is 4.23. The molecule has 3 rings (SSSR count). The number of amides is 2. The number of carbonyl (C=O) groups is 2. The minimum atomic E-state index is -0.837. The molecule has 6 heteroatoms. The van der Waals surface area contributed by atoms with Crippen molar-refractivity contribution in [2.75, 3.05) is 5.32 Å². The number of primary amides is 1. The molecule has 0 fully saturated rings. The fourth-order valence-electron chi connectivity index (χ4n) is 2.87. The van der Waals surface area contributed by atoms with Gasteiger partial charge in [0.05, 0.1) is 11.1 Å². The number of unbranched alkanes of at least 4 members (excludes halogenated alkanes) is 1. The van der Waals surface area contributed by atoms with Gasteiger partial charge in [0, 0.05) is 12.5 Å². The van der Waals surface area contributed by atoms with Gasteiger partial charge in [-0.15, -0.1) is 0 Å². The first-order chi connectivity index (χ1) is 13.0. The van der Waals surface area contributed by atoms with E-state index in [4.69, 9.17) is 10.2 Å². The number of nitrogens with one attached hydrogen (secondary N) is 1. The molecule has 3 N–H and O–H groups in total. The molecule has 0 unspecified atom stereocenters. The van der Waals surface area contributed by atoms with E-state index in [0.717, 1.165) is 25.3 Å². The number of para-hydroxylation sites is 1. The Kier molecular flexibility index (Phi) is 5.66. The van der Waals surface area contributed by atoms with Gasteiger partial charge in [-0.3, -0.25) is 14.4 Å². The summed E-state index contributed by atoms with van der Waals surface area (Å²) in [4.78, 5) is 35.7. The van der Waals surface area contributed by atoms with Crippen molar-refractivity contribution in [3.05, 3.63) is 76.1 Å². The fraction of sp³-hybridized carbons (Fsp3) is 0.190. The summed E-state index contributed by atoms with van der Waals surface area (Å²) in [6.45, 7) is 0. The molecule has 2 amide bonds. The third kappa shape index (κ3) is 4.61. The minimum absolute atomic E-state index is 0.149. The van der Waals surface area contributed by atoms with E-state index >= 15 is 0 Å². The second-order valence-electron chi connectivity index (χ2n) is 6.26. The van der Waals surface area contributed by atoms with Crippen LogP contribution in [-0.4, -0.2) is 11.8 Å². The maximum Gasteiger partial charge on any atom is 0.284 e. The lowest BCUT2D eigenvalue weighted by Gasteiger charge is -2.08. The SMILES string of the molecule is NC(=O)c1cc(=O)c2cccc(NC(=O)CCCCc3ccccc3)c2o1. The smallest absolute Gasteiger partial charge is 0.284 e. The lowest BCUT2D eigenvalue weighted by molar-refractivity contribution is -0.116. The van der Waals surface area contributed by atoms with E-state index in [-0.39, 0.29) is 28.1 Å². The van der Waals surface area contributed by atoms with E-state index in [1.165, 1.54) is 5.56 Å². The predicted molar refractivity (Wildman–Crippen MR) is 104 cm³/mol. The Morgan fingerprint density at radius 2 is 1.78 bits per heavy atom. The maximum absolute atomic E-state index is 12.2. The summed E-state index contributed by atoms with van der Waals surface area (Å²) in [6, 6.07) is 16.0. The van der Waals surface area contributed by atoms with Crippen molar-refractivity contribution >= 4 is 28.5 Å². The van der Waals surface area contributed by atoms with Crippen LogP contribution in [-0.2, 0) is 11.2 Å². The van der Waals surface area contributed by atoms with Crippen LogP contribution in [0.15, 0.2) is 63.8 Å². The van der Waals surface area contributed by atoms with Crippen LogP contribution in [0, 0.1) is 0 Å². The van der Waals surface area contributed by atoms with Gasteiger partial charge >= 0.3 is 0 Å². The lowest BCUT2D eigenvalue weighted by Crippen LogP contribution is -2.16.